The number of carbonyl (C=O) groups is 1. The van der Waals surface area contributed by atoms with E-state index < -0.39 is 5.97 Å². The zero-order chi connectivity index (χ0) is 17.1. The summed E-state index contributed by atoms with van der Waals surface area (Å²) < 4.78 is 10.8. The van der Waals surface area contributed by atoms with Crippen molar-refractivity contribution >= 4 is 41.1 Å². The second-order valence-electron chi connectivity index (χ2n) is 4.93. The molecule has 1 aliphatic rings. The average molecular weight is 362 g/mol. The number of carbonyl (C=O) groups excluding carboxylic acids is 1. The third-order valence-electron chi connectivity index (χ3n) is 3.29. The third kappa shape index (κ3) is 3.45. The van der Waals surface area contributed by atoms with Crippen molar-refractivity contribution < 1.29 is 14.3 Å². The van der Waals surface area contributed by atoms with Crippen LogP contribution in [0, 0.1) is 0 Å². The van der Waals surface area contributed by atoms with Gasteiger partial charge in [0.05, 0.1) is 17.2 Å². The van der Waals surface area contributed by atoms with Crippen LogP contribution in [-0.2, 0) is 9.53 Å². The molecule has 0 aromatic heterocycles. The van der Waals surface area contributed by atoms with Crippen LogP contribution in [-0.4, -0.2) is 18.5 Å². The van der Waals surface area contributed by atoms with Gasteiger partial charge in [-0.3, -0.25) is 0 Å². The van der Waals surface area contributed by atoms with Crippen LogP contribution in [0.5, 0.6) is 5.75 Å². The van der Waals surface area contributed by atoms with E-state index in [4.69, 9.17) is 32.7 Å². The molecule has 0 fully saturated rings. The Hall–Kier alpha value is -2.30. The number of hydrogen-bond donors (Lipinski definition) is 0. The van der Waals surface area contributed by atoms with Gasteiger partial charge in [0.1, 0.15) is 5.75 Å². The number of ether oxygens (including phenoxy) is 2. The van der Waals surface area contributed by atoms with Crippen LogP contribution in [0.1, 0.15) is 18.1 Å². The highest BCUT2D eigenvalue weighted by Crippen LogP contribution is 2.28. The van der Waals surface area contributed by atoms with E-state index in [2.05, 4.69) is 4.99 Å². The van der Waals surface area contributed by atoms with Crippen LogP contribution in [0.15, 0.2) is 53.2 Å². The van der Waals surface area contributed by atoms with Crippen molar-refractivity contribution in [1.29, 1.82) is 0 Å². The average Bonchev–Trinajstić information content (AvgIpc) is 2.90. The summed E-state index contributed by atoms with van der Waals surface area (Å²) in [6, 6.07) is 12.3. The molecule has 0 bridgehead atoms. The monoisotopic (exact) mass is 361 g/mol. The predicted molar refractivity (Wildman–Crippen MR) is 94.7 cm³/mol. The summed E-state index contributed by atoms with van der Waals surface area (Å²) in [5, 5.41) is 0.861. The lowest BCUT2D eigenvalue weighted by Crippen LogP contribution is -2.06. The maximum atomic E-state index is 12.1. The number of cyclic esters (lactones) is 1. The number of aliphatic imine (C=N–C) groups is 1. The quantitative estimate of drug-likeness (QED) is 0.583. The molecule has 0 amide bonds. The molecule has 2 aromatic rings. The van der Waals surface area contributed by atoms with Gasteiger partial charge in [-0.05, 0) is 37.3 Å². The molecule has 122 valence electrons. The number of nitrogens with zero attached hydrogens (tertiary/aromatic N) is 1. The molecule has 0 radical (unpaired) electrons. The molecule has 0 atom stereocenters. The van der Waals surface area contributed by atoms with E-state index in [9.17, 15) is 4.79 Å². The number of rotatable bonds is 4. The molecule has 0 unspecified atom stereocenters. The Morgan fingerprint density at radius 3 is 2.75 bits per heavy atom. The highest BCUT2D eigenvalue weighted by Gasteiger charge is 2.26. The normalized spacial score (nSPS) is 15.4. The minimum absolute atomic E-state index is 0.154. The van der Waals surface area contributed by atoms with Crippen LogP contribution in [0.2, 0.25) is 10.0 Å². The first-order valence-electron chi connectivity index (χ1n) is 7.28. The van der Waals surface area contributed by atoms with Gasteiger partial charge in [-0.25, -0.2) is 9.79 Å². The molecule has 4 nitrogen and oxygen atoms in total. The number of benzene rings is 2. The summed E-state index contributed by atoms with van der Waals surface area (Å²) in [6.07, 6.45) is 1.63. The van der Waals surface area contributed by atoms with Gasteiger partial charge in [0.2, 0.25) is 5.90 Å². The van der Waals surface area contributed by atoms with Crippen LogP contribution in [0.25, 0.3) is 6.08 Å². The Bertz CT molecular complexity index is 859. The lowest BCUT2D eigenvalue weighted by Gasteiger charge is -2.06. The fourth-order valence-corrected chi connectivity index (χ4v) is 2.71. The predicted octanol–water partition coefficient (Wildman–Crippen LogP) is 4.74. The molecule has 1 heterocycles. The van der Waals surface area contributed by atoms with Gasteiger partial charge in [0.15, 0.2) is 5.70 Å². The maximum absolute atomic E-state index is 12.1. The Balaban J connectivity index is 1.97. The standard InChI is InChI=1S/C18H13Cl2NO3/c1-2-23-16-6-4-3-5-11(16)9-15-18(22)24-17(21-15)13-8-7-12(19)10-14(13)20/h3-10H,2H2,1H3. The molecule has 2 aromatic carbocycles. The molecular weight excluding hydrogens is 349 g/mol. The van der Waals surface area contributed by atoms with Gasteiger partial charge in [-0.15, -0.1) is 0 Å². The Morgan fingerprint density at radius 2 is 2.00 bits per heavy atom. The first kappa shape index (κ1) is 16.6. The van der Waals surface area contributed by atoms with Crippen molar-refractivity contribution in [2.75, 3.05) is 6.61 Å². The molecule has 0 saturated heterocycles. The summed E-state index contributed by atoms with van der Waals surface area (Å²) in [4.78, 5) is 16.3. The molecule has 6 heteroatoms. The van der Waals surface area contributed by atoms with Gasteiger partial charge in [0.25, 0.3) is 0 Å². The molecule has 0 N–H and O–H groups in total. The zero-order valence-electron chi connectivity index (χ0n) is 12.8. The lowest BCUT2D eigenvalue weighted by molar-refractivity contribution is -0.129. The molecule has 0 aliphatic carbocycles. The van der Waals surface area contributed by atoms with E-state index in [1.807, 2.05) is 31.2 Å². The van der Waals surface area contributed by atoms with E-state index in [1.54, 1.807) is 24.3 Å². The summed E-state index contributed by atoms with van der Waals surface area (Å²) in [6.45, 7) is 2.42. The Labute approximate surface area is 149 Å². The summed E-state index contributed by atoms with van der Waals surface area (Å²) in [5.41, 5.74) is 1.44. The summed E-state index contributed by atoms with van der Waals surface area (Å²) >= 11 is 12.0. The summed E-state index contributed by atoms with van der Waals surface area (Å²) in [5.74, 6) is 0.289. The van der Waals surface area contributed by atoms with Crippen LogP contribution in [0.4, 0.5) is 0 Å². The van der Waals surface area contributed by atoms with Gasteiger partial charge >= 0.3 is 5.97 Å². The van der Waals surface area contributed by atoms with Crippen molar-refractivity contribution in [3.8, 4) is 5.75 Å². The van der Waals surface area contributed by atoms with E-state index in [0.717, 1.165) is 5.56 Å². The van der Waals surface area contributed by atoms with Gasteiger partial charge in [-0.1, -0.05) is 41.4 Å². The van der Waals surface area contributed by atoms with Crippen molar-refractivity contribution in [3.63, 3.8) is 0 Å². The van der Waals surface area contributed by atoms with Crippen molar-refractivity contribution in [1.82, 2.24) is 0 Å². The highest BCUT2D eigenvalue weighted by atomic mass is 35.5. The van der Waals surface area contributed by atoms with Crippen LogP contribution < -0.4 is 4.74 Å². The molecule has 0 spiro atoms. The minimum atomic E-state index is -0.540. The fraction of sp³-hybridized carbons (Fsp3) is 0.111. The summed E-state index contributed by atoms with van der Waals surface area (Å²) in [7, 11) is 0. The van der Waals surface area contributed by atoms with Crippen LogP contribution in [0.3, 0.4) is 0 Å². The highest BCUT2D eigenvalue weighted by molar-refractivity contribution is 6.37. The van der Waals surface area contributed by atoms with E-state index >= 15 is 0 Å². The van der Waals surface area contributed by atoms with Crippen molar-refractivity contribution in [2.24, 2.45) is 4.99 Å². The maximum Gasteiger partial charge on any atom is 0.363 e. The number of halogens is 2. The minimum Gasteiger partial charge on any atom is -0.493 e. The second-order valence-corrected chi connectivity index (χ2v) is 5.77. The Morgan fingerprint density at radius 1 is 1.21 bits per heavy atom. The molecular formula is C18H13Cl2NO3. The zero-order valence-corrected chi connectivity index (χ0v) is 14.3. The SMILES string of the molecule is CCOc1ccccc1C=C1N=C(c2ccc(Cl)cc2Cl)OC1=O. The van der Waals surface area contributed by atoms with Crippen molar-refractivity contribution in [3.05, 3.63) is 69.3 Å². The topological polar surface area (TPSA) is 47.9 Å². The number of hydrogen-bond acceptors (Lipinski definition) is 4. The third-order valence-corrected chi connectivity index (χ3v) is 3.84. The van der Waals surface area contributed by atoms with Gasteiger partial charge in [0, 0.05) is 10.6 Å². The van der Waals surface area contributed by atoms with Gasteiger partial charge < -0.3 is 9.47 Å². The largest absolute Gasteiger partial charge is 0.493 e. The van der Waals surface area contributed by atoms with E-state index in [-0.39, 0.29) is 11.6 Å². The number of para-hydroxylation sites is 1. The molecule has 3 rings (SSSR count). The first-order chi connectivity index (χ1) is 11.6. The van der Waals surface area contributed by atoms with Crippen molar-refractivity contribution in [2.45, 2.75) is 6.92 Å². The number of esters is 1. The fourth-order valence-electron chi connectivity index (χ4n) is 2.22. The Kier molecular flexibility index (Phi) is 4.88. The molecule has 24 heavy (non-hydrogen) atoms. The first-order valence-corrected chi connectivity index (χ1v) is 8.04. The molecule has 0 saturated carbocycles. The van der Waals surface area contributed by atoms with Crippen LogP contribution >= 0.6 is 23.2 Å². The molecule has 1 aliphatic heterocycles. The van der Waals surface area contributed by atoms with Gasteiger partial charge in [-0.2, -0.15) is 0 Å². The van der Waals surface area contributed by atoms with E-state index in [0.29, 0.717) is 28.0 Å². The second kappa shape index (κ2) is 7.07. The van der Waals surface area contributed by atoms with E-state index in [1.165, 1.54) is 0 Å². The smallest absolute Gasteiger partial charge is 0.363 e. The lowest BCUT2D eigenvalue weighted by atomic mass is 10.1.